The van der Waals surface area contributed by atoms with Crippen LogP contribution in [0.25, 0.3) is 0 Å². The minimum Gasteiger partial charge on any atom is -0.483 e. The van der Waals surface area contributed by atoms with E-state index in [-0.39, 0.29) is 18.5 Å². The Labute approximate surface area is 147 Å². The summed E-state index contributed by atoms with van der Waals surface area (Å²) < 4.78 is 5.17. The van der Waals surface area contributed by atoms with E-state index in [2.05, 4.69) is 29.2 Å². The Morgan fingerprint density at radius 1 is 1.28 bits per heavy atom. The maximum absolute atomic E-state index is 12.2. The number of aliphatic hydroxyl groups is 1. The summed E-state index contributed by atoms with van der Waals surface area (Å²) in [6.45, 7) is 3.56. The number of hydrogen-bond acceptors (Lipinski definition) is 5. The van der Waals surface area contributed by atoms with Gasteiger partial charge < -0.3 is 19.8 Å². The van der Waals surface area contributed by atoms with E-state index in [1.54, 1.807) is 12.0 Å². The highest BCUT2D eigenvalue weighted by Gasteiger charge is 2.33. The van der Waals surface area contributed by atoms with Crippen molar-refractivity contribution < 1.29 is 24.5 Å². The lowest BCUT2D eigenvalue weighted by molar-refractivity contribution is -0.131. The van der Waals surface area contributed by atoms with Crippen molar-refractivity contribution in [2.45, 2.75) is 38.1 Å². The van der Waals surface area contributed by atoms with Gasteiger partial charge in [-0.2, -0.15) is 0 Å². The third kappa shape index (κ3) is 5.26. The Kier molecular flexibility index (Phi) is 7.36. The standard InChI is InChI=1S/C17H24N2O3.CH2O2/c1-22-16-12-19(11-15(16)20)17(21)7-4-8-18-9-13-5-2-3-6-14(13)10-18;2-1-3/h2-3,5-6,15-16,20H,4,7-12H2,1H3;1H,(H,2,3)/t15-,16-;/m0./s1. The highest BCUT2D eigenvalue weighted by Crippen LogP contribution is 2.22. The number of aliphatic hydroxyl groups excluding tert-OH is 1. The second-order valence-corrected chi connectivity index (χ2v) is 6.33. The Bertz CT molecular complexity index is 555. The summed E-state index contributed by atoms with van der Waals surface area (Å²) in [6, 6.07) is 8.52. The monoisotopic (exact) mass is 350 g/mol. The third-order valence-corrected chi connectivity index (χ3v) is 4.66. The molecule has 0 saturated carbocycles. The zero-order valence-electron chi connectivity index (χ0n) is 14.5. The first-order chi connectivity index (χ1) is 12.1. The number of ether oxygens (including phenoxy) is 1. The lowest BCUT2D eigenvalue weighted by atomic mass is 10.1. The normalized spacial score (nSPS) is 22.2. The van der Waals surface area contributed by atoms with Crippen LogP contribution in [0.15, 0.2) is 24.3 Å². The Morgan fingerprint density at radius 3 is 2.40 bits per heavy atom. The molecule has 2 N–H and O–H groups in total. The summed E-state index contributed by atoms with van der Waals surface area (Å²) in [6.07, 6.45) is 0.603. The zero-order valence-corrected chi connectivity index (χ0v) is 14.5. The van der Waals surface area contributed by atoms with E-state index in [9.17, 15) is 9.90 Å². The predicted molar refractivity (Wildman–Crippen MR) is 91.9 cm³/mol. The topological polar surface area (TPSA) is 90.3 Å². The van der Waals surface area contributed by atoms with Crippen molar-refractivity contribution in [2.24, 2.45) is 0 Å². The number of carbonyl (C=O) groups excluding carboxylic acids is 1. The highest BCUT2D eigenvalue weighted by atomic mass is 16.5. The average Bonchev–Trinajstić information content (AvgIpc) is 3.18. The van der Waals surface area contributed by atoms with Crippen LogP contribution in [0.2, 0.25) is 0 Å². The number of rotatable bonds is 5. The molecule has 1 amide bonds. The first-order valence-corrected chi connectivity index (χ1v) is 8.44. The molecule has 7 nitrogen and oxygen atoms in total. The molecule has 3 rings (SSSR count). The van der Waals surface area contributed by atoms with Gasteiger partial charge in [0.2, 0.25) is 5.91 Å². The SMILES string of the molecule is CO[C@H]1CN(C(=O)CCCN2Cc3ccccc3C2)C[C@@H]1O.O=CO. The molecule has 1 saturated heterocycles. The Hall–Kier alpha value is -1.96. The number of benzene rings is 1. The van der Waals surface area contributed by atoms with Crippen molar-refractivity contribution in [3.05, 3.63) is 35.4 Å². The lowest BCUT2D eigenvalue weighted by Gasteiger charge is -2.18. The van der Waals surface area contributed by atoms with Gasteiger partial charge in [0.15, 0.2) is 0 Å². The van der Waals surface area contributed by atoms with Crippen LogP contribution in [0.1, 0.15) is 24.0 Å². The fourth-order valence-electron chi connectivity index (χ4n) is 3.37. The summed E-state index contributed by atoms with van der Waals surface area (Å²) in [4.78, 5) is 24.6. The van der Waals surface area contributed by atoms with Crippen molar-refractivity contribution in [3.8, 4) is 0 Å². The zero-order chi connectivity index (χ0) is 18.2. The van der Waals surface area contributed by atoms with Gasteiger partial charge in [0.1, 0.15) is 6.10 Å². The maximum Gasteiger partial charge on any atom is 0.290 e. The summed E-state index contributed by atoms with van der Waals surface area (Å²) in [7, 11) is 1.58. The molecule has 25 heavy (non-hydrogen) atoms. The van der Waals surface area contributed by atoms with Gasteiger partial charge in [-0.05, 0) is 24.1 Å². The molecular weight excluding hydrogens is 324 g/mol. The molecule has 0 unspecified atom stereocenters. The first kappa shape index (κ1) is 19.4. The number of hydrogen-bond donors (Lipinski definition) is 2. The summed E-state index contributed by atoms with van der Waals surface area (Å²) in [5.41, 5.74) is 2.80. The molecule has 2 heterocycles. The molecule has 2 aliphatic rings. The van der Waals surface area contributed by atoms with Crippen molar-refractivity contribution in [1.82, 2.24) is 9.80 Å². The lowest BCUT2D eigenvalue weighted by Crippen LogP contribution is -2.30. The van der Waals surface area contributed by atoms with Crippen LogP contribution in [0.3, 0.4) is 0 Å². The minimum absolute atomic E-state index is 0.121. The quantitative estimate of drug-likeness (QED) is 0.760. The van der Waals surface area contributed by atoms with E-state index in [1.165, 1.54) is 11.1 Å². The molecule has 2 atom stereocenters. The van der Waals surface area contributed by atoms with Gasteiger partial charge in [-0.1, -0.05) is 24.3 Å². The van der Waals surface area contributed by atoms with Crippen LogP contribution in [-0.4, -0.2) is 71.3 Å². The summed E-state index contributed by atoms with van der Waals surface area (Å²) in [5, 5.41) is 16.7. The predicted octanol–water partition coefficient (Wildman–Crippen LogP) is 0.701. The number of amides is 1. The smallest absolute Gasteiger partial charge is 0.290 e. The highest BCUT2D eigenvalue weighted by molar-refractivity contribution is 5.76. The van der Waals surface area contributed by atoms with E-state index in [1.807, 2.05) is 0 Å². The van der Waals surface area contributed by atoms with Crippen molar-refractivity contribution in [3.63, 3.8) is 0 Å². The molecule has 0 aromatic heterocycles. The van der Waals surface area contributed by atoms with Gasteiger partial charge in [0.25, 0.3) is 6.47 Å². The van der Waals surface area contributed by atoms with Crippen LogP contribution >= 0.6 is 0 Å². The van der Waals surface area contributed by atoms with Gasteiger partial charge in [-0.25, -0.2) is 0 Å². The molecule has 0 aliphatic carbocycles. The summed E-state index contributed by atoms with van der Waals surface area (Å²) in [5.74, 6) is 0.121. The second kappa shape index (κ2) is 9.50. The second-order valence-electron chi connectivity index (χ2n) is 6.33. The average molecular weight is 350 g/mol. The fourth-order valence-corrected chi connectivity index (χ4v) is 3.37. The molecule has 2 aliphatic heterocycles. The molecule has 1 fully saturated rings. The van der Waals surface area contributed by atoms with Crippen molar-refractivity contribution in [1.29, 1.82) is 0 Å². The molecule has 1 aromatic carbocycles. The number of fused-ring (bicyclic) bond motifs is 1. The molecule has 0 bridgehead atoms. The van der Waals surface area contributed by atoms with Crippen molar-refractivity contribution >= 4 is 12.4 Å². The van der Waals surface area contributed by atoms with Crippen molar-refractivity contribution in [2.75, 3.05) is 26.7 Å². The van der Waals surface area contributed by atoms with Crippen LogP contribution in [-0.2, 0) is 27.4 Å². The van der Waals surface area contributed by atoms with E-state index in [0.29, 0.717) is 19.5 Å². The number of carbonyl (C=O) groups is 2. The van der Waals surface area contributed by atoms with Gasteiger partial charge in [-0.15, -0.1) is 0 Å². The van der Waals surface area contributed by atoms with E-state index >= 15 is 0 Å². The molecule has 7 heteroatoms. The van der Waals surface area contributed by atoms with Crippen LogP contribution in [0.4, 0.5) is 0 Å². The summed E-state index contributed by atoms with van der Waals surface area (Å²) >= 11 is 0. The van der Waals surface area contributed by atoms with Gasteiger partial charge >= 0.3 is 0 Å². The number of methoxy groups -OCH3 is 1. The van der Waals surface area contributed by atoms with Crippen LogP contribution in [0.5, 0.6) is 0 Å². The van der Waals surface area contributed by atoms with E-state index in [4.69, 9.17) is 14.6 Å². The van der Waals surface area contributed by atoms with E-state index in [0.717, 1.165) is 26.1 Å². The third-order valence-electron chi connectivity index (χ3n) is 4.66. The number of carboxylic acid groups (broad SMARTS) is 1. The molecule has 0 radical (unpaired) electrons. The molecule has 1 aromatic rings. The van der Waals surface area contributed by atoms with Gasteiger partial charge in [0, 0.05) is 39.7 Å². The van der Waals surface area contributed by atoms with Crippen LogP contribution in [0, 0.1) is 0 Å². The minimum atomic E-state index is -0.554. The first-order valence-electron chi connectivity index (χ1n) is 8.44. The maximum atomic E-state index is 12.2. The Morgan fingerprint density at radius 2 is 1.88 bits per heavy atom. The number of likely N-dealkylation sites (tertiary alicyclic amines) is 1. The van der Waals surface area contributed by atoms with Gasteiger partial charge in [0.05, 0.1) is 6.10 Å². The fraction of sp³-hybridized carbons (Fsp3) is 0.556. The van der Waals surface area contributed by atoms with Gasteiger partial charge in [-0.3, -0.25) is 14.5 Å². The van der Waals surface area contributed by atoms with Crippen LogP contribution < -0.4 is 0 Å². The molecular formula is C18H26N2O5. The molecule has 138 valence electrons. The largest absolute Gasteiger partial charge is 0.483 e. The Balaban J connectivity index is 0.000000701. The number of β-amino-alcohol motifs (C(OH)–C–C–N with tert-alkyl or cyclic N) is 1. The van der Waals surface area contributed by atoms with E-state index < -0.39 is 6.10 Å². The number of nitrogens with zero attached hydrogens (tertiary/aromatic N) is 2. The molecule has 0 spiro atoms.